The lowest BCUT2D eigenvalue weighted by molar-refractivity contribution is -0.121. The van der Waals surface area contributed by atoms with Gasteiger partial charge in [0.2, 0.25) is 5.91 Å². The van der Waals surface area contributed by atoms with Gasteiger partial charge in [0.25, 0.3) is 5.91 Å². The van der Waals surface area contributed by atoms with Gasteiger partial charge in [0.1, 0.15) is 0 Å². The summed E-state index contributed by atoms with van der Waals surface area (Å²) in [4.78, 5) is 25.2. The summed E-state index contributed by atoms with van der Waals surface area (Å²) in [6.07, 6.45) is 6.15. The van der Waals surface area contributed by atoms with Gasteiger partial charge in [0.15, 0.2) is 5.76 Å². The number of rotatable bonds is 6. The maximum absolute atomic E-state index is 12.2. The van der Waals surface area contributed by atoms with Crippen molar-refractivity contribution in [2.24, 2.45) is 5.92 Å². The lowest BCUT2D eigenvalue weighted by Crippen LogP contribution is -2.40. The van der Waals surface area contributed by atoms with Crippen LogP contribution in [0.15, 0.2) is 40.3 Å². The Morgan fingerprint density at radius 3 is 2.74 bits per heavy atom. The summed E-state index contributed by atoms with van der Waals surface area (Å²) in [6.45, 7) is -0.0475. The van der Waals surface area contributed by atoms with E-state index in [1.165, 1.54) is 24.0 Å². The molecule has 2 N–H and O–H groups in total. The minimum Gasteiger partial charge on any atom is -0.459 e. The summed E-state index contributed by atoms with van der Waals surface area (Å²) in [7, 11) is 0. The molecule has 122 valence electrons. The van der Waals surface area contributed by atoms with Gasteiger partial charge in [-0.15, -0.1) is 11.3 Å². The highest BCUT2D eigenvalue weighted by Crippen LogP contribution is 2.37. The molecule has 23 heavy (non-hydrogen) atoms. The SMILES string of the molecule is O=C(CNC(=O)c1ccco1)N[C@@H](c1cccs1)C1CCCC1. The minimum absolute atomic E-state index is 0.0468. The average Bonchev–Trinajstić information content (AvgIpc) is 3.33. The first kappa shape index (κ1) is 15.8. The lowest BCUT2D eigenvalue weighted by atomic mass is 9.96. The second-order valence-corrected chi connectivity index (χ2v) is 6.74. The molecule has 0 bridgehead atoms. The third-order valence-electron chi connectivity index (χ3n) is 4.19. The molecule has 3 rings (SSSR count). The Kier molecular flexibility index (Phi) is 5.12. The van der Waals surface area contributed by atoms with Crippen molar-refractivity contribution in [3.63, 3.8) is 0 Å². The van der Waals surface area contributed by atoms with E-state index in [1.54, 1.807) is 23.5 Å². The zero-order valence-electron chi connectivity index (χ0n) is 12.8. The third-order valence-corrected chi connectivity index (χ3v) is 5.15. The maximum atomic E-state index is 12.2. The summed E-state index contributed by atoms with van der Waals surface area (Å²) in [6, 6.07) is 7.33. The fourth-order valence-electron chi connectivity index (χ4n) is 3.06. The van der Waals surface area contributed by atoms with Crippen LogP contribution in [0, 0.1) is 5.92 Å². The molecule has 1 fully saturated rings. The van der Waals surface area contributed by atoms with Gasteiger partial charge in [0, 0.05) is 4.88 Å². The molecule has 5 nitrogen and oxygen atoms in total. The van der Waals surface area contributed by atoms with Crippen LogP contribution < -0.4 is 10.6 Å². The van der Waals surface area contributed by atoms with Gasteiger partial charge in [-0.3, -0.25) is 9.59 Å². The maximum Gasteiger partial charge on any atom is 0.287 e. The van der Waals surface area contributed by atoms with Gasteiger partial charge >= 0.3 is 0 Å². The van der Waals surface area contributed by atoms with Crippen LogP contribution in [0.1, 0.15) is 47.2 Å². The van der Waals surface area contributed by atoms with Crippen molar-refractivity contribution in [2.75, 3.05) is 6.54 Å². The normalized spacial score (nSPS) is 16.2. The Morgan fingerprint density at radius 1 is 1.26 bits per heavy atom. The Balaban J connectivity index is 1.56. The number of amides is 2. The molecule has 2 aromatic heterocycles. The first-order valence-electron chi connectivity index (χ1n) is 7.88. The van der Waals surface area contributed by atoms with Crippen LogP contribution in [0.2, 0.25) is 0 Å². The van der Waals surface area contributed by atoms with Gasteiger partial charge in [0.05, 0.1) is 18.8 Å². The predicted octanol–water partition coefficient (Wildman–Crippen LogP) is 3.12. The number of carbonyl (C=O) groups is 2. The van der Waals surface area contributed by atoms with E-state index in [0.29, 0.717) is 5.92 Å². The molecular weight excluding hydrogens is 312 g/mol. The quantitative estimate of drug-likeness (QED) is 0.854. The molecule has 0 aliphatic heterocycles. The molecule has 6 heteroatoms. The fraction of sp³-hybridized carbons (Fsp3) is 0.412. The Bertz CT molecular complexity index is 631. The van der Waals surface area contributed by atoms with Crippen LogP contribution in [-0.4, -0.2) is 18.4 Å². The van der Waals surface area contributed by atoms with Crippen LogP contribution in [0.4, 0.5) is 0 Å². The highest BCUT2D eigenvalue weighted by atomic mass is 32.1. The molecule has 0 spiro atoms. The van der Waals surface area contributed by atoms with Gasteiger partial charge < -0.3 is 15.1 Å². The molecule has 0 saturated heterocycles. The number of hydrogen-bond acceptors (Lipinski definition) is 4. The molecule has 1 aliphatic carbocycles. The Labute approximate surface area is 139 Å². The number of carbonyl (C=O) groups excluding carboxylic acids is 2. The summed E-state index contributed by atoms with van der Waals surface area (Å²) in [5, 5.41) is 7.70. The van der Waals surface area contributed by atoms with Crippen LogP contribution in [0.3, 0.4) is 0 Å². The van der Waals surface area contributed by atoms with Gasteiger partial charge in [-0.25, -0.2) is 0 Å². The van der Waals surface area contributed by atoms with Crippen molar-refractivity contribution in [3.05, 3.63) is 46.5 Å². The largest absolute Gasteiger partial charge is 0.459 e. The van der Waals surface area contributed by atoms with E-state index in [2.05, 4.69) is 16.7 Å². The van der Waals surface area contributed by atoms with Crippen molar-refractivity contribution in [1.29, 1.82) is 0 Å². The number of furan rings is 1. The lowest BCUT2D eigenvalue weighted by Gasteiger charge is -2.23. The fourth-order valence-corrected chi connectivity index (χ4v) is 3.93. The third kappa shape index (κ3) is 4.01. The Morgan fingerprint density at radius 2 is 2.09 bits per heavy atom. The Hall–Kier alpha value is -2.08. The van der Waals surface area contributed by atoms with E-state index in [9.17, 15) is 9.59 Å². The van der Waals surface area contributed by atoms with E-state index in [1.807, 2.05) is 11.4 Å². The molecule has 2 amide bonds. The second-order valence-electron chi connectivity index (χ2n) is 5.77. The summed E-state index contributed by atoms with van der Waals surface area (Å²) in [5.74, 6) is 0.149. The van der Waals surface area contributed by atoms with Crippen molar-refractivity contribution in [2.45, 2.75) is 31.7 Å². The number of thiophene rings is 1. The van der Waals surface area contributed by atoms with Crippen molar-refractivity contribution in [3.8, 4) is 0 Å². The van der Waals surface area contributed by atoms with Gasteiger partial charge in [-0.2, -0.15) is 0 Å². The first-order chi connectivity index (χ1) is 11.2. The van der Waals surface area contributed by atoms with Gasteiger partial charge in [-0.05, 0) is 42.3 Å². The van der Waals surface area contributed by atoms with E-state index in [4.69, 9.17) is 4.42 Å². The topological polar surface area (TPSA) is 71.3 Å². The number of nitrogens with one attached hydrogen (secondary N) is 2. The zero-order chi connectivity index (χ0) is 16.1. The molecule has 0 radical (unpaired) electrons. The molecule has 2 heterocycles. The molecule has 1 saturated carbocycles. The molecular formula is C17H20N2O3S. The highest BCUT2D eigenvalue weighted by molar-refractivity contribution is 7.10. The zero-order valence-corrected chi connectivity index (χ0v) is 13.6. The smallest absolute Gasteiger partial charge is 0.287 e. The van der Waals surface area contributed by atoms with E-state index in [-0.39, 0.29) is 30.2 Å². The molecule has 1 atom stereocenters. The minimum atomic E-state index is -0.376. The van der Waals surface area contributed by atoms with Crippen molar-refractivity contribution >= 4 is 23.2 Å². The molecule has 0 unspecified atom stereocenters. The van der Waals surface area contributed by atoms with Crippen LogP contribution in [0.25, 0.3) is 0 Å². The van der Waals surface area contributed by atoms with Crippen LogP contribution in [0.5, 0.6) is 0 Å². The highest BCUT2D eigenvalue weighted by Gasteiger charge is 2.28. The van der Waals surface area contributed by atoms with Crippen molar-refractivity contribution in [1.82, 2.24) is 10.6 Å². The van der Waals surface area contributed by atoms with Gasteiger partial charge in [-0.1, -0.05) is 18.9 Å². The first-order valence-corrected chi connectivity index (χ1v) is 8.76. The van der Waals surface area contributed by atoms with Crippen LogP contribution in [-0.2, 0) is 4.79 Å². The molecule has 1 aliphatic rings. The second kappa shape index (κ2) is 7.46. The van der Waals surface area contributed by atoms with E-state index >= 15 is 0 Å². The number of hydrogen-bond donors (Lipinski definition) is 2. The molecule has 2 aromatic rings. The standard InChI is InChI=1S/C17H20N2O3S/c20-15(11-18-17(21)13-7-3-9-22-13)19-16(12-5-1-2-6-12)14-8-4-10-23-14/h3-4,7-10,12,16H,1-2,5-6,11H2,(H,18,21)(H,19,20)/t16-/m1/s1. The van der Waals surface area contributed by atoms with Crippen molar-refractivity contribution < 1.29 is 14.0 Å². The average molecular weight is 332 g/mol. The van der Waals surface area contributed by atoms with E-state index < -0.39 is 0 Å². The summed E-state index contributed by atoms with van der Waals surface area (Å²) >= 11 is 1.67. The van der Waals surface area contributed by atoms with Crippen LogP contribution >= 0.6 is 11.3 Å². The molecule has 0 aromatic carbocycles. The van der Waals surface area contributed by atoms with E-state index in [0.717, 1.165) is 12.8 Å². The predicted molar refractivity (Wildman–Crippen MR) is 88.2 cm³/mol. The summed E-state index contributed by atoms with van der Waals surface area (Å²) < 4.78 is 5.01. The summed E-state index contributed by atoms with van der Waals surface area (Å²) in [5.41, 5.74) is 0. The monoisotopic (exact) mass is 332 g/mol.